The Hall–Kier alpha value is -0.570. The highest BCUT2D eigenvalue weighted by Gasteiger charge is 2.17. The Labute approximate surface area is 93.0 Å². The minimum atomic E-state index is 0.0192. The van der Waals surface area contributed by atoms with Gasteiger partial charge in [0.25, 0.3) is 0 Å². The van der Waals surface area contributed by atoms with Gasteiger partial charge in [-0.05, 0) is 33.1 Å². The first-order chi connectivity index (χ1) is 6.97. The lowest BCUT2D eigenvalue weighted by Crippen LogP contribution is -2.43. The van der Waals surface area contributed by atoms with Crippen LogP contribution >= 0.6 is 0 Å². The van der Waals surface area contributed by atoms with Crippen molar-refractivity contribution in [2.45, 2.75) is 52.0 Å². The number of hydrogen-bond donors (Lipinski definition) is 2. The van der Waals surface area contributed by atoms with Gasteiger partial charge in [-0.25, -0.2) is 0 Å². The SMILES string of the molecule is CC(C)(C)NCC(=O)NCCC1CCC1. The van der Waals surface area contributed by atoms with Gasteiger partial charge in [0.05, 0.1) is 6.54 Å². The number of hydrogen-bond acceptors (Lipinski definition) is 2. The van der Waals surface area contributed by atoms with Gasteiger partial charge in [0.15, 0.2) is 0 Å². The molecule has 3 heteroatoms. The molecule has 1 rings (SSSR count). The standard InChI is InChI=1S/C12H24N2O/c1-12(2,3)14-9-11(15)13-8-7-10-5-4-6-10/h10,14H,4-9H2,1-3H3,(H,13,15). The normalized spacial score (nSPS) is 17.3. The first-order valence-corrected chi connectivity index (χ1v) is 5.99. The summed E-state index contributed by atoms with van der Waals surface area (Å²) < 4.78 is 0. The van der Waals surface area contributed by atoms with Gasteiger partial charge in [0.1, 0.15) is 0 Å². The molecule has 3 nitrogen and oxygen atoms in total. The van der Waals surface area contributed by atoms with Crippen molar-refractivity contribution in [2.24, 2.45) is 5.92 Å². The molecule has 0 spiro atoms. The van der Waals surface area contributed by atoms with Crippen molar-refractivity contribution in [3.8, 4) is 0 Å². The van der Waals surface area contributed by atoms with Gasteiger partial charge in [-0.3, -0.25) is 4.79 Å². The summed E-state index contributed by atoms with van der Waals surface area (Å²) in [5, 5.41) is 6.13. The van der Waals surface area contributed by atoms with E-state index >= 15 is 0 Å². The third kappa shape index (κ3) is 5.78. The van der Waals surface area contributed by atoms with Crippen molar-refractivity contribution in [1.29, 1.82) is 0 Å². The summed E-state index contributed by atoms with van der Waals surface area (Å²) in [5.74, 6) is 0.991. The Kier molecular flexibility index (Phi) is 4.58. The molecule has 0 aromatic carbocycles. The molecule has 1 aliphatic carbocycles. The molecule has 0 bridgehead atoms. The number of amides is 1. The monoisotopic (exact) mass is 212 g/mol. The fourth-order valence-electron chi connectivity index (χ4n) is 1.61. The molecular formula is C12H24N2O. The largest absolute Gasteiger partial charge is 0.355 e. The van der Waals surface area contributed by atoms with Crippen molar-refractivity contribution in [2.75, 3.05) is 13.1 Å². The van der Waals surface area contributed by atoms with Gasteiger partial charge in [0, 0.05) is 12.1 Å². The van der Waals surface area contributed by atoms with Crippen LogP contribution in [0.25, 0.3) is 0 Å². The summed E-state index contributed by atoms with van der Waals surface area (Å²) in [5.41, 5.74) is 0.0192. The van der Waals surface area contributed by atoms with E-state index in [0.29, 0.717) is 6.54 Å². The number of carbonyl (C=O) groups excluding carboxylic acids is 1. The first kappa shape index (κ1) is 12.5. The van der Waals surface area contributed by atoms with Crippen LogP contribution in [0.2, 0.25) is 0 Å². The summed E-state index contributed by atoms with van der Waals surface area (Å²) in [6.07, 6.45) is 5.25. The fourth-order valence-corrected chi connectivity index (χ4v) is 1.61. The lowest BCUT2D eigenvalue weighted by molar-refractivity contribution is -0.120. The van der Waals surface area contributed by atoms with Gasteiger partial charge in [0.2, 0.25) is 5.91 Å². The lowest BCUT2D eigenvalue weighted by atomic mass is 9.83. The molecule has 0 atom stereocenters. The molecule has 15 heavy (non-hydrogen) atoms. The Morgan fingerprint density at radius 1 is 1.33 bits per heavy atom. The van der Waals surface area contributed by atoms with Crippen LogP contribution in [0.3, 0.4) is 0 Å². The van der Waals surface area contributed by atoms with Crippen LogP contribution in [0, 0.1) is 5.92 Å². The van der Waals surface area contributed by atoms with Crippen molar-refractivity contribution in [3.63, 3.8) is 0 Å². The Balaban J connectivity index is 1.98. The van der Waals surface area contributed by atoms with Crippen molar-refractivity contribution >= 4 is 5.91 Å². The molecule has 1 saturated carbocycles. The predicted molar refractivity (Wildman–Crippen MR) is 62.7 cm³/mol. The lowest BCUT2D eigenvalue weighted by Gasteiger charge is -2.25. The number of nitrogens with one attached hydrogen (secondary N) is 2. The smallest absolute Gasteiger partial charge is 0.233 e. The Morgan fingerprint density at radius 3 is 2.47 bits per heavy atom. The van der Waals surface area contributed by atoms with Crippen LogP contribution in [0.4, 0.5) is 0 Å². The van der Waals surface area contributed by atoms with E-state index in [4.69, 9.17) is 0 Å². The zero-order chi connectivity index (χ0) is 11.3. The highest BCUT2D eigenvalue weighted by molar-refractivity contribution is 5.78. The van der Waals surface area contributed by atoms with E-state index in [0.717, 1.165) is 18.9 Å². The van der Waals surface area contributed by atoms with Crippen LogP contribution in [0.1, 0.15) is 46.5 Å². The molecule has 88 valence electrons. The van der Waals surface area contributed by atoms with Gasteiger partial charge in [-0.15, -0.1) is 0 Å². The van der Waals surface area contributed by atoms with E-state index in [-0.39, 0.29) is 11.4 Å². The maximum absolute atomic E-state index is 11.4. The molecule has 2 N–H and O–H groups in total. The number of carbonyl (C=O) groups is 1. The fraction of sp³-hybridized carbons (Fsp3) is 0.917. The molecule has 0 aliphatic heterocycles. The third-order valence-electron chi connectivity index (χ3n) is 2.88. The summed E-state index contributed by atoms with van der Waals surface area (Å²) in [6.45, 7) is 7.46. The second-order valence-electron chi connectivity index (χ2n) is 5.54. The van der Waals surface area contributed by atoms with Crippen molar-refractivity contribution in [1.82, 2.24) is 10.6 Å². The highest BCUT2D eigenvalue weighted by atomic mass is 16.1. The zero-order valence-corrected chi connectivity index (χ0v) is 10.2. The molecule has 1 aliphatic rings. The van der Waals surface area contributed by atoms with Crippen molar-refractivity contribution < 1.29 is 4.79 Å². The third-order valence-corrected chi connectivity index (χ3v) is 2.88. The molecule has 1 amide bonds. The molecule has 0 radical (unpaired) electrons. The Bertz CT molecular complexity index is 204. The van der Waals surface area contributed by atoms with Gasteiger partial charge < -0.3 is 10.6 Å². The molecule has 0 unspecified atom stereocenters. The molecule has 1 fully saturated rings. The maximum atomic E-state index is 11.4. The quantitative estimate of drug-likeness (QED) is 0.728. The van der Waals surface area contributed by atoms with Gasteiger partial charge in [-0.2, -0.15) is 0 Å². The second-order valence-corrected chi connectivity index (χ2v) is 5.54. The van der Waals surface area contributed by atoms with E-state index in [2.05, 4.69) is 31.4 Å². The summed E-state index contributed by atoms with van der Waals surface area (Å²) in [4.78, 5) is 11.4. The summed E-state index contributed by atoms with van der Waals surface area (Å²) >= 11 is 0. The average Bonchev–Trinajstić information content (AvgIpc) is 2.04. The molecule has 0 saturated heterocycles. The van der Waals surface area contributed by atoms with E-state index < -0.39 is 0 Å². The summed E-state index contributed by atoms with van der Waals surface area (Å²) in [7, 11) is 0. The zero-order valence-electron chi connectivity index (χ0n) is 10.2. The van der Waals surface area contributed by atoms with Crippen LogP contribution in [0.5, 0.6) is 0 Å². The molecule has 0 heterocycles. The topological polar surface area (TPSA) is 41.1 Å². The second kappa shape index (κ2) is 5.50. The molecule has 0 aromatic heterocycles. The van der Waals surface area contributed by atoms with E-state index in [1.165, 1.54) is 19.3 Å². The van der Waals surface area contributed by atoms with Crippen LogP contribution in [0.15, 0.2) is 0 Å². The van der Waals surface area contributed by atoms with Crippen LogP contribution < -0.4 is 10.6 Å². The first-order valence-electron chi connectivity index (χ1n) is 5.99. The maximum Gasteiger partial charge on any atom is 0.233 e. The summed E-state index contributed by atoms with van der Waals surface area (Å²) in [6, 6.07) is 0. The van der Waals surface area contributed by atoms with Crippen LogP contribution in [-0.2, 0) is 4.79 Å². The molecular weight excluding hydrogens is 188 g/mol. The van der Waals surface area contributed by atoms with Gasteiger partial charge in [-0.1, -0.05) is 19.3 Å². The van der Waals surface area contributed by atoms with E-state index in [1.54, 1.807) is 0 Å². The average molecular weight is 212 g/mol. The van der Waals surface area contributed by atoms with Gasteiger partial charge >= 0.3 is 0 Å². The minimum absolute atomic E-state index is 0.0192. The Morgan fingerprint density at radius 2 is 2.00 bits per heavy atom. The predicted octanol–water partition coefficient (Wildman–Crippen LogP) is 1.68. The van der Waals surface area contributed by atoms with E-state index in [9.17, 15) is 4.79 Å². The minimum Gasteiger partial charge on any atom is -0.355 e. The number of rotatable bonds is 5. The van der Waals surface area contributed by atoms with E-state index in [1.807, 2.05) is 0 Å². The highest BCUT2D eigenvalue weighted by Crippen LogP contribution is 2.28. The van der Waals surface area contributed by atoms with Crippen molar-refractivity contribution in [3.05, 3.63) is 0 Å². The molecule has 0 aromatic rings. The van der Waals surface area contributed by atoms with Crippen LogP contribution in [-0.4, -0.2) is 24.5 Å².